The fourth-order valence-corrected chi connectivity index (χ4v) is 8.92. The summed E-state index contributed by atoms with van der Waals surface area (Å²) in [6, 6.07) is 17.5. The van der Waals surface area contributed by atoms with E-state index in [-0.39, 0.29) is 24.3 Å². The lowest BCUT2D eigenvalue weighted by atomic mass is 9.93. The molecule has 0 bridgehead atoms. The number of carbonyl (C=O) groups is 2. The van der Waals surface area contributed by atoms with Gasteiger partial charge >= 0.3 is 6.03 Å². The molecule has 4 aliphatic rings. The number of amides is 3. The number of amidine groups is 1. The number of carbonyl (C=O) groups excluding carboxylic acids is 2. The number of urea groups is 1. The third kappa shape index (κ3) is 9.38. The van der Waals surface area contributed by atoms with Crippen LogP contribution in [-0.4, -0.2) is 138 Å². The Bertz CT molecular complexity index is 1820. The maximum absolute atomic E-state index is 15.1. The highest BCUT2D eigenvalue weighted by Gasteiger charge is 2.45. The molecular formula is C39H47Cl3N6O6S. The van der Waals surface area contributed by atoms with Crippen molar-refractivity contribution in [2.45, 2.75) is 30.8 Å². The third-order valence-electron chi connectivity index (χ3n) is 10.3. The predicted octanol–water partition coefficient (Wildman–Crippen LogP) is 5.62. The molecule has 4 heterocycles. The number of aryl methyl sites for hydroxylation is 1. The van der Waals surface area contributed by atoms with Crippen LogP contribution >= 0.6 is 35.6 Å². The van der Waals surface area contributed by atoms with Crippen molar-refractivity contribution in [1.29, 1.82) is 0 Å². The fourth-order valence-electron chi connectivity index (χ4n) is 7.36. The van der Waals surface area contributed by atoms with Gasteiger partial charge in [-0.15, -0.1) is 16.7 Å². The Hall–Kier alpha value is -3.11. The molecule has 0 aromatic heterocycles. The number of piperazine rings is 1. The summed E-state index contributed by atoms with van der Waals surface area (Å²) >= 11 is 11.3. The van der Waals surface area contributed by atoms with Crippen molar-refractivity contribution in [3.8, 4) is 5.75 Å². The summed E-state index contributed by atoms with van der Waals surface area (Å²) in [5.74, 6) is 1.05. The number of halogens is 3. The van der Waals surface area contributed by atoms with Crippen LogP contribution in [0, 0.1) is 6.92 Å². The molecule has 7 rings (SSSR count). The molecule has 55 heavy (non-hydrogen) atoms. The van der Waals surface area contributed by atoms with Gasteiger partial charge in [0.2, 0.25) is 5.91 Å². The highest BCUT2D eigenvalue weighted by atomic mass is 35.5. The largest absolute Gasteiger partial charge is 0.593 e. The molecule has 0 saturated carbocycles. The van der Waals surface area contributed by atoms with Gasteiger partial charge in [-0.3, -0.25) is 19.6 Å². The van der Waals surface area contributed by atoms with Gasteiger partial charge in [-0.25, -0.2) is 4.79 Å². The molecule has 3 atom stereocenters. The van der Waals surface area contributed by atoms with Crippen LogP contribution in [0.25, 0.3) is 0 Å². The lowest BCUT2D eigenvalue weighted by Crippen LogP contribution is -2.56. The van der Waals surface area contributed by atoms with Crippen molar-refractivity contribution in [1.82, 2.24) is 23.9 Å². The first-order valence-electron chi connectivity index (χ1n) is 18.5. The monoisotopic (exact) mass is 832 g/mol. The number of aliphatic imine (C=N–C) groups is 1. The van der Waals surface area contributed by atoms with Crippen LogP contribution in [-0.2, 0) is 25.6 Å². The molecule has 3 aromatic carbocycles. The van der Waals surface area contributed by atoms with Crippen LogP contribution in [0.1, 0.15) is 41.3 Å². The van der Waals surface area contributed by atoms with Crippen LogP contribution in [0.3, 0.4) is 0 Å². The van der Waals surface area contributed by atoms with E-state index in [1.165, 1.54) is 0 Å². The van der Waals surface area contributed by atoms with E-state index < -0.39 is 23.4 Å². The van der Waals surface area contributed by atoms with Crippen molar-refractivity contribution in [3.63, 3.8) is 0 Å². The van der Waals surface area contributed by atoms with Gasteiger partial charge in [0.05, 0.1) is 75.6 Å². The number of hydrogen-bond acceptors (Lipinski definition) is 9. The van der Waals surface area contributed by atoms with Crippen LogP contribution in [0.5, 0.6) is 5.75 Å². The van der Waals surface area contributed by atoms with Crippen molar-refractivity contribution < 1.29 is 28.4 Å². The normalized spacial score (nSPS) is 21.5. The first kappa shape index (κ1) is 41.5. The second kappa shape index (κ2) is 18.9. The molecule has 0 aliphatic carbocycles. The number of nitrogens with zero attached hydrogens (tertiary/aromatic N) is 6. The summed E-state index contributed by atoms with van der Waals surface area (Å²) in [6.45, 7) is 10.9. The average molecular weight is 834 g/mol. The van der Waals surface area contributed by atoms with E-state index in [1.807, 2.05) is 88.6 Å². The minimum Gasteiger partial charge on any atom is -0.593 e. The second-order valence-corrected chi connectivity index (χ2v) is 16.0. The minimum absolute atomic E-state index is 0. The highest BCUT2D eigenvalue weighted by Crippen LogP contribution is 2.46. The summed E-state index contributed by atoms with van der Waals surface area (Å²) in [7, 11) is 0. The number of hydrogen-bond donors (Lipinski definition) is 0. The maximum Gasteiger partial charge on any atom is 0.326 e. The van der Waals surface area contributed by atoms with Gasteiger partial charge in [0.15, 0.2) is 4.90 Å². The highest BCUT2D eigenvalue weighted by molar-refractivity contribution is 7.89. The number of rotatable bonds is 9. The van der Waals surface area contributed by atoms with Gasteiger partial charge in [0.25, 0.3) is 0 Å². The molecule has 16 heteroatoms. The molecule has 3 saturated heterocycles. The molecule has 3 fully saturated rings. The topological polar surface area (TPSA) is 113 Å². The lowest BCUT2D eigenvalue weighted by Gasteiger charge is -2.39. The Kier molecular flexibility index (Phi) is 14.3. The maximum atomic E-state index is 15.1. The molecule has 296 valence electrons. The summed E-state index contributed by atoms with van der Waals surface area (Å²) in [6.07, 6.45) is 0. The van der Waals surface area contributed by atoms with E-state index in [0.717, 1.165) is 16.7 Å². The van der Waals surface area contributed by atoms with Gasteiger partial charge in [0.1, 0.15) is 17.6 Å². The molecule has 0 radical (unpaired) electrons. The molecule has 1 unspecified atom stereocenters. The molecule has 4 aliphatic heterocycles. The van der Waals surface area contributed by atoms with Crippen molar-refractivity contribution in [2.24, 2.45) is 4.99 Å². The second-order valence-electron chi connectivity index (χ2n) is 13.7. The first-order valence-corrected chi connectivity index (χ1v) is 20.3. The molecular weight excluding hydrogens is 787 g/mol. The smallest absolute Gasteiger partial charge is 0.326 e. The Labute approximate surface area is 342 Å². The van der Waals surface area contributed by atoms with Gasteiger partial charge in [-0.05, 0) is 55.3 Å². The lowest BCUT2D eigenvalue weighted by molar-refractivity contribution is -0.136. The standard InChI is InChI=1S/C39H46Cl2N6O6S.ClH/c1-3-53-33-24-27(2)34(54(50)46-18-22-52-23-19-46)25-32(33)38-42-36(28-4-8-30(40)9-5-28)37(29-6-10-31(41)11-7-29)47(38)39(49)45-14-12-43(13-15-45)26-35(48)44-16-20-51-21-17-44;/h4-11,24-25,36-37H,3,12-23,26H2,1-2H3;1H/t36-,37+,54?;/m0./s1. The average Bonchev–Trinajstić information content (AvgIpc) is 3.59. The van der Waals surface area contributed by atoms with Crippen LogP contribution in [0.4, 0.5) is 4.79 Å². The van der Waals surface area contributed by atoms with Crippen molar-refractivity contribution in [3.05, 3.63) is 93.0 Å². The number of ether oxygens (including phenoxy) is 3. The zero-order valence-corrected chi connectivity index (χ0v) is 34.2. The molecule has 0 spiro atoms. The zero-order chi connectivity index (χ0) is 37.8. The van der Waals surface area contributed by atoms with E-state index in [0.29, 0.717) is 124 Å². The van der Waals surface area contributed by atoms with E-state index in [1.54, 1.807) is 4.90 Å². The number of benzene rings is 3. The molecule has 3 aromatic rings. The number of morpholine rings is 2. The van der Waals surface area contributed by atoms with Crippen molar-refractivity contribution in [2.75, 3.05) is 91.9 Å². The van der Waals surface area contributed by atoms with E-state index in [9.17, 15) is 9.35 Å². The van der Waals surface area contributed by atoms with Gasteiger partial charge in [-0.2, -0.15) is 0 Å². The zero-order valence-electron chi connectivity index (χ0n) is 31.0. The first-order chi connectivity index (χ1) is 26.2. The van der Waals surface area contributed by atoms with Crippen molar-refractivity contribution >= 4 is 64.7 Å². The Balaban J connectivity index is 0.00000514. The summed E-state index contributed by atoms with van der Waals surface area (Å²) in [4.78, 5) is 41.7. The van der Waals surface area contributed by atoms with E-state index in [4.69, 9.17) is 42.4 Å². The Morgan fingerprint density at radius 3 is 2.02 bits per heavy atom. The fraction of sp³-hybridized carbons (Fsp3) is 0.462. The molecule has 0 N–H and O–H groups in total. The van der Waals surface area contributed by atoms with E-state index in [2.05, 4.69) is 4.90 Å². The quantitative estimate of drug-likeness (QED) is 0.256. The minimum atomic E-state index is -1.48. The van der Waals surface area contributed by atoms with E-state index >= 15 is 4.79 Å². The Morgan fingerprint density at radius 1 is 0.836 bits per heavy atom. The summed E-state index contributed by atoms with van der Waals surface area (Å²) < 4.78 is 33.2. The van der Waals surface area contributed by atoms with Gasteiger partial charge in [-0.1, -0.05) is 47.5 Å². The molecule has 12 nitrogen and oxygen atoms in total. The summed E-state index contributed by atoms with van der Waals surface area (Å²) in [5, 5.41) is 1.17. The SMILES string of the molecule is CCOc1cc(C)c([S+]([O-])N2CCOCC2)cc1C1=N[C@@H](c2ccc(Cl)cc2)[C@@H](c2ccc(Cl)cc2)N1C(=O)N1CCN(CC(=O)N2CCOCC2)CC1.Cl. The molecule has 3 amide bonds. The third-order valence-corrected chi connectivity index (χ3v) is 12.4. The van der Waals surface area contributed by atoms with Crippen LogP contribution in [0.2, 0.25) is 10.0 Å². The van der Waals surface area contributed by atoms with Gasteiger partial charge < -0.3 is 28.6 Å². The van der Waals surface area contributed by atoms with Gasteiger partial charge in [0, 0.05) is 60.9 Å². The van der Waals surface area contributed by atoms with Crippen LogP contribution in [0.15, 0.2) is 70.6 Å². The predicted molar refractivity (Wildman–Crippen MR) is 216 cm³/mol. The Morgan fingerprint density at radius 2 is 1.42 bits per heavy atom. The summed E-state index contributed by atoms with van der Waals surface area (Å²) in [5.41, 5.74) is 3.12. The van der Waals surface area contributed by atoms with Crippen LogP contribution < -0.4 is 4.74 Å².